The molecule has 16 N–H and O–H groups in total. The second-order valence-corrected chi connectivity index (χ2v) is 35.1. The molecule has 0 fully saturated rings. The number of hydrogen-bond acceptors (Lipinski definition) is 17. The number of H-pyrrole nitrogens is 6. The summed E-state index contributed by atoms with van der Waals surface area (Å²) < 4.78 is 7.28. The smallest absolute Gasteiger partial charge is 0.303 e. The Morgan fingerprint density at radius 3 is 0.771 bits per heavy atom. The largest absolute Gasteiger partial charge is 0.481 e. The molecule has 6 unspecified atom stereocenters. The lowest BCUT2D eigenvalue weighted by Crippen LogP contribution is -2.06. The highest BCUT2D eigenvalue weighted by molar-refractivity contribution is 6.01. The predicted octanol–water partition coefficient (Wildman–Crippen LogP) is 20.4. The number of aliphatic hydroxyl groups is 4. The lowest BCUT2D eigenvalue weighted by Gasteiger charge is -2.20. The van der Waals surface area contributed by atoms with E-state index in [1.165, 1.54) is 0 Å². The number of fused-ring (bicyclic) bond motifs is 24. The van der Waals surface area contributed by atoms with Gasteiger partial charge in [0.05, 0.1) is 105 Å². The van der Waals surface area contributed by atoms with Crippen molar-refractivity contribution in [2.24, 2.45) is 0 Å². The number of aliphatic hydroxyl groups excluding tert-OH is 4. The summed E-state index contributed by atoms with van der Waals surface area (Å²) in [5, 5.41) is 103. The highest BCUT2D eigenvalue weighted by atomic mass is 16.5. The standard InChI is InChI=1S/C68H74N8O11.C34H38N4O6/c1-29-41(13-17-61(79)80)53-28-56-44(16-20-64(85)86)32(4)48(72-56)24-59-68(36(8)52(76-59)25-58-65(37(9)77)33(5)49(73-58)21-45(29)69-53)40(12)87-39(11)67-35(7)50-22-46-30(2)42(14-18-62(81)82)54(70-46)27-55-43(15-19-63(83)84)31(3)47(71-55)23-57-66(38(10)78)34(6)51(74-57)26-60(67)75-50;1-15-21(7-9-31(41)42)27-14-28-22(8-10-32(43)44)16(2)24(36-28)12-29-34(20(6)40)18(4)26(38-29)13-30-33(19(5)39)17(3)25(37-30)11-23(15)35-27/h21-28,37-40,72,74-78H,13-20H2,1-12H3,(H,79,80)(H,81,82)(H,83,84)(H,85,86);11-14,19-20,37-40H,7-10H2,1-6H3,(H,41,42)(H,43,44). The van der Waals surface area contributed by atoms with Gasteiger partial charge in [0.25, 0.3) is 0 Å². The van der Waals surface area contributed by atoms with Gasteiger partial charge in [-0.2, -0.15) is 0 Å². The first-order chi connectivity index (χ1) is 61.9. The van der Waals surface area contributed by atoms with Crippen LogP contribution in [0, 0.1) is 41.5 Å². The molecule has 682 valence electrons. The first-order valence-electron chi connectivity index (χ1n) is 44.1. The lowest BCUT2D eigenvalue weighted by molar-refractivity contribution is -0.137. The number of ether oxygens (including phenoxy) is 1. The number of allylic oxidation sites excluding steroid dienone is 11. The van der Waals surface area contributed by atoms with Crippen LogP contribution in [0.3, 0.4) is 0 Å². The van der Waals surface area contributed by atoms with E-state index in [2.05, 4.69) is 29.9 Å². The molecule has 0 amide bonds. The molecule has 0 aliphatic carbocycles. The molecule has 6 atom stereocenters. The summed E-state index contributed by atoms with van der Waals surface area (Å²) in [6, 6.07) is 22.8. The average molecular weight is 1780 g/mol. The number of carboxylic acids is 6. The number of nitrogens with one attached hydrogen (secondary N) is 6. The van der Waals surface area contributed by atoms with Crippen molar-refractivity contribution in [3.05, 3.63) is 208 Å². The monoisotopic (exact) mass is 1780 g/mol. The van der Waals surface area contributed by atoms with Gasteiger partial charge in [0.2, 0.25) is 0 Å². The fraction of sp³-hybridized carbons (Fsp3) is 0.353. The number of rotatable bonds is 26. The van der Waals surface area contributed by atoms with Crippen molar-refractivity contribution in [2.75, 3.05) is 0 Å². The number of aromatic amines is 6. The maximum Gasteiger partial charge on any atom is 0.303 e. The summed E-state index contributed by atoms with van der Waals surface area (Å²) in [5.41, 5.74) is 34.2. The average Bonchev–Trinajstić information content (AvgIpc) is 1.62. The summed E-state index contributed by atoms with van der Waals surface area (Å²) in [7, 11) is 0. The number of carbonyl (C=O) groups is 6. The van der Waals surface area contributed by atoms with Crippen molar-refractivity contribution >= 4 is 169 Å². The minimum Gasteiger partial charge on any atom is -0.481 e. The molecule has 6 aliphatic rings. The van der Waals surface area contributed by atoms with Gasteiger partial charge in [-0.3, -0.25) is 28.8 Å². The van der Waals surface area contributed by atoms with Crippen molar-refractivity contribution in [1.82, 2.24) is 59.8 Å². The zero-order chi connectivity index (χ0) is 94.8. The van der Waals surface area contributed by atoms with Crippen LogP contribution in [0.1, 0.15) is 319 Å². The van der Waals surface area contributed by atoms with Gasteiger partial charge in [0, 0.05) is 138 Å². The molecular formula is C102H112N12O17. The summed E-state index contributed by atoms with van der Waals surface area (Å²) >= 11 is 0. The molecule has 0 spiro atoms. The minimum atomic E-state index is -0.962. The topological polar surface area (TPSA) is 486 Å². The third-order valence-corrected chi connectivity index (χ3v) is 26.3. The van der Waals surface area contributed by atoms with Crippen molar-refractivity contribution in [3.63, 3.8) is 0 Å². The maximum atomic E-state index is 12.2. The molecule has 0 radical (unpaired) electrons. The molecule has 0 aromatic carbocycles. The Hall–Kier alpha value is -13.6. The number of aryl methyl sites for hydroxylation is 7. The minimum absolute atomic E-state index is 0.0750. The van der Waals surface area contributed by atoms with Gasteiger partial charge < -0.3 is 85.7 Å². The molecule has 15 rings (SSSR count). The normalized spacial score (nSPS) is 14.9. The molecule has 131 heavy (non-hydrogen) atoms. The van der Waals surface area contributed by atoms with Crippen molar-refractivity contribution in [2.45, 2.75) is 238 Å². The van der Waals surface area contributed by atoms with Crippen LogP contribution in [0.5, 0.6) is 0 Å². The van der Waals surface area contributed by atoms with Crippen LogP contribution in [-0.4, -0.2) is 153 Å². The number of aliphatic carboxylic acids is 6. The van der Waals surface area contributed by atoms with E-state index in [0.717, 1.165) is 133 Å². The highest BCUT2D eigenvalue weighted by Crippen LogP contribution is 2.46. The first-order valence-corrected chi connectivity index (χ1v) is 44.1. The molecule has 6 aliphatic heterocycles. The Balaban J connectivity index is 0.000000262. The second kappa shape index (κ2) is 37.5. The van der Waals surface area contributed by atoms with Crippen LogP contribution in [0.4, 0.5) is 0 Å². The fourth-order valence-electron chi connectivity index (χ4n) is 19.4. The van der Waals surface area contributed by atoms with Crippen molar-refractivity contribution in [3.8, 4) is 0 Å². The van der Waals surface area contributed by atoms with Crippen LogP contribution >= 0.6 is 0 Å². The highest BCUT2D eigenvalue weighted by Gasteiger charge is 2.32. The number of nitrogens with zero attached hydrogens (tertiary/aromatic N) is 6. The summed E-state index contributed by atoms with van der Waals surface area (Å²) in [4.78, 5) is 123. The third-order valence-electron chi connectivity index (χ3n) is 26.3. The van der Waals surface area contributed by atoms with E-state index in [1.807, 2.05) is 170 Å². The third kappa shape index (κ3) is 18.8. The summed E-state index contributed by atoms with van der Waals surface area (Å²) in [6.07, 6.45) is -3.90. The van der Waals surface area contributed by atoms with Gasteiger partial charge >= 0.3 is 35.8 Å². The Labute approximate surface area is 755 Å². The SMILES string of the molecule is CC1=C(CCC(=O)O)c2cc3nc(cc4[nH]c(cc5[nH]c(cc1n2)c(C)c5C(C)O)c(C)c4C(C)O)C(C)=C3CCC(=O)O.CC1=C(CCC(=O)O)c2cc3nc(cc4[nH]c(cc5[nH]c(cc1n2)c(C)c5C(C)OC(C)c1c(C)c2cc5nc(cc6nc(cc7[nH]c(cc1[nH]2)c(C)c7CCC(=O)O)C(CCC(=O)O)=C6C)C(C)=C5C(C)O)c(C)c4C(C)O)C(C)=C3CCC(=O)O. The quantitative estimate of drug-likeness (QED) is 0.0239. The van der Waals surface area contributed by atoms with Crippen LogP contribution in [0.25, 0.3) is 133 Å². The Bertz CT molecular complexity index is 7110. The van der Waals surface area contributed by atoms with Crippen molar-refractivity contribution in [1.29, 1.82) is 0 Å². The van der Waals surface area contributed by atoms with Gasteiger partial charge in [-0.1, -0.05) is 0 Å². The molecule has 15 heterocycles. The van der Waals surface area contributed by atoms with E-state index in [4.69, 9.17) is 34.6 Å². The van der Waals surface area contributed by atoms with E-state index >= 15 is 0 Å². The van der Waals surface area contributed by atoms with Gasteiger partial charge in [-0.15, -0.1) is 0 Å². The molecule has 9 aromatic rings. The Morgan fingerprint density at radius 2 is 0.466 bits per heavy atom. The molecule has 0 saturated heterocycles. The summed E-state index contributed by atoms with van der Waals surface area (Å²) in [6.45, 7) is 34.0. The molecule has 9 aromatic heterocycles. The van der Waals surface area contributed by atoms with Gasteiger partial charge in [-0.25, -0.2) is 29.9 Å². The predicted molar refractivity (Wildman–Crippen MR) is 508 cm³/mol. The van der Waals surface area contributed by atoms with Crippen molar-refractivity contribution < 1.29 is 84.6 Å². The first kappa shape index (κ1) is 93.6. The molecule has 29 heteroatoms. The van der Waals surface area contributed by atoms with Crippen LogP contribution in [0.15, 0.2) is 72.8 Å². The van der Waals surface area contributed by atoms with E-state index in [0.29, 0.717) is 135 Å². The van der Waals surface area contributed by atoms with E-state index in [9.17, 15) is 79.8 Å². The second-order valence-electron chi connectivity index (χ2n) is 35.1. The van der Waals surface area contributed by atoms with Crippen LogP contribution < -0.4 is 0 Å². The fourth-order valence-corrected chi connectivity index (χ4v) is 19.4. The van der Waals surface area contributed by atoms with Gasteiger partial charge in [0.15, 0.2) is 0 Å². The van der Waals surface area contributed by atoms with Crippen LogP contribution in [-0.2, 0) is 39.9 Å². The number of carboxylic acid groups (broad SMARTS) is 6. The number of aromatic nitrogens is 12. The lowest BCUT2D eigenvalue weighted by atomic mass is 9.98. The maximum absolute atomic E-state index is 12.2. The molecule has 0 saturated carbocycles. The Morgan fingerprint density at radius 1 is 0.252 bits per heavy atom. The molecule has 24 bridgehead atoms. The van der Waals surface area contributed by atoms with E-state index in [-0.39, 0.29) is 77.0 Å². The van der Waals surface area contributed by atoms with Gasteiger partial charge in [0.1, 0.15) is 0 Å². The molecular weight excluding hydrogens is 1670 g/mol. The zero-order valence-corrected chi connectivity index (χ0v) is 76.9. The van der Waals surface area contributed by atoms with E-state index in [1.54, 1.807) is 27.7 Å². The number of hydrogen-bond donors (Lipinski definition) is 16. The van der Waals surface area contributed by atoms with Crippen LogP contribution in [0.2, 0.25) is 0 Å². The molecule has 29 nitrogen and oxygen atoms in total. The zero-order valence-electron chi connectivity index (χ0n) is 76.9. The van der Waals surface area contributed by atoms with E-state index < -0.39 is 72.4 Å². The Kier molecular flexibility index (Phi) is 26.8. The van der Waals surface area contributed by atoms with Gasteiger partial charge in [-0.05, 0) is 336 Å². The summed E-state index contributed by atoms with van der Waals surface area (Å²) in [5.74, 6) is -5.66.